The number of aliphatic carboxylic acids is 1. The number of fused-ring (bicyclic) bond motifs is 1. The van der Waals surface area contributed by atoms with Crippen LogP contribution in [-0.2, 0) is 11.3 Å². The first kappa shape index (κ1) is 23.1. The van der Waals surface area contributed by atoms with Crippen LogP contribution < -0.4 is 4.74 Å². The number of hydrogen-bond donors (Lipinski definition) is 2. The van der Waals surface area contributed by atoms with Gasteiger partial charge in [0.05, 0.1) is 6.10 Å². The molecule has 4 rings (SSSR count). The molecule has 2 aliphatic rings. The molecule has 1 aliphatic carbocycles. The highest BCUT2D eigenvalue weighted by Gasteiger charge is 2.39. The van der Waals surface area contributed by atoms with Crippen LogP contribution in [-0.4, -0.2) is 45.9 Å². The van der Waals surface area contributed by atoms with Crippen LogP contribution in [0, 0.1) is 11.3 Å². The van der Waals surface area contributed by atoms with E-state index in [2.05, 4.69) is 62.1 Å². The average molecular weight is 440 g/mol. The van der Waals surface area contributed by atoms with Gasteiger partial charge in [-0.2, -0.15) is 0 Å². The van der Waals surface area contributed by atoms with Gasteiger partial charge in [-0.3, -0.25) is 4.90 Å². The van der Waals surface area contributed by atoms with E-state index in [4.69, 9.17) is 4.74 Å². The van der Waals surface area contributed by atoms with Crippen LogP contribution in [0.3, 0.4) is 0 Å². The number of aliphatic hydroxyl groups is 1. The summed E-state index contributed by atoms with van der Waals surface area (Å²) in [6.45, 7) is 8.98. The number of ether oxygens (including phenoxy) is 1. The smallest absolute Gasteiger partial charge is 0.335 e. The highest BCUT2D eigenvalue weighted by Crippen LogP contribution is 2.39. The molecule has 2 N–H and O–H groups in total. The molecule has 5 heteroatoms. The Labute approximate surface area is 191 Å². The molecule has 1 saturated heterocycles. The summed E-state index contributed by atoms with van der Waals surface area (Å²) in [6, 6.07) is 12.8. The Hall–Kier alpha value is -2.11. The van der Waals surface area contributed by atoms with Crippen molar-refractivity contribution in [1.29, 1.82) is 0 Å². The summed E-state index contributed by atoms with van der Waals surface area (Å²) in [4.78, 5) is 13.4. The molecule has 0 bridgehead atoms. The molecule has 2 fully saturated rings. The van der Waals surface area contributed by atoms with E-state index in [1.807, 2.05) is 0 Å². The first-order valence-electron chi connectivity index (χ1n) is 12.0. The third-order valence-corrected chi connectivity index (χ3v) is 7.57. The fourth-order valence-corrected chi connectivity index (χ4v) is 5.24. The van der Waals surface area contributed by atoms with Crippen LogP contribution in [0.2, 0.25) is 0 Å². The maximum atomic E-state index is 11.2. The van der Waals surface area contributed by atoms with Gasteiger partial charge in [-0.1, -0.05) is 39.0 Å². The molecule has 174 valence electrons. The Morgan fingerprint density at radius 1 is 1.03 bits per heavy atom. The number of likely N-dealkylation sites (tertiary alicyclic amines) is 1. The van der Waals surface area contributed by atoms with Crippen LogP contribution >= 0.6 is 0 Å². The van der Waals surface area contributed by atoms with Gasteiger partial charge in [0.25, 0.3) is 0 Å². The zero-order chi connectivity index (χ0) is 22.9. The second-order valence-corrected chi connectivity index (χ2v) is 10.9. The standard InChI is InChI=1S/C27H37NO4/c1-26(2,3)22-7-10-23(11-8-22)32-24-9-6-20-16-19(4-5-21(20)17-24)18-28-14-12-27(31,13-15-28)25(29)30/h4-6,9,16-17,22-23,31H,7-8,10-15,18H2,1-3H3,(H,29,30). The largest absolute Gasteiger partial charge is 0.490 e. The number of carboxylic acid groups (broad SMARTS) is 1. The Morgan fingerprint density at radius 3 is 2.28 bits per heavy atom. The monoisotopic (exact) mass is 439 g/mol. The quantitative estimate of drug-likeness (QED) is 0.667. The van der Waals surface area contributed by atoms with Crippen LogP contribution in [0.1, 0.15) is 64.9 Å². The minimum absolute atomic E-state index is 0.272. The van der Waals surface area contributed by atoms with E-state index in [1.165, 1.54) is 29.2 Å². The van der Waals surface area contributed by atoms with Crippen molar-refractivity contribution in [1.82, 2.24) is 4.90 Å². The lowest BCUT2D eigenvalue weighted by Gasteiger charge is -2.37. The van der Waals surface area contributed by atoms with Gasteiger partial charge in [-0.25, -0.2) is 4.79 Å². The fraction of sp³-hybridized carbons (Fsp3) is 0.593. The minimum Gasteiger partial charge on any atom is -0.490 e. The molecule has 0 amide bonds. The average Bonchev–Trinajstić information content (AvgIpc) is 2.75. The van der Waals surface area contributed by atoms with Gasteiger partial charge in [-0.05, 0) is 84.4 Å². The van der Waals surface area contributed by atoms with Gasteiger partial charge in [0.15, 0.2) is 5.60 Å². The molecule has 2 aromatic rings. The number of carbonyl (C=O) groups is 1. The van der Waals surface area contributed by atoms with Crippen molar-refractivity contribution in [3.8, 4) is 5.75 Å². The number of rotatable bonds is 5. The summed E-state index contributed by atoms with van der Waals surface area (Å²) in [6.07, 6.45) is 5.60. The van der Waals surface area contributed by atoms with Crippen LogP contribution in [0.5, 0.6) is 5.75 Å². The molecule has 0 spiro atoms. The van der Waals surface area contributed by atoms with Crippen molar-refractivity contribution in [3.05, 3.63) is 42.0 Å². The van der Waals surface area contributed by atoms with Gasteiger partial charge >= 0.3 is 5.97 Å². The van der Waals surface area contributed by atoms with Gasteiger partial charge in [0.2, 0.25) is 0 Å². The van der Waals surface area contributed by atoms with Crippen molar-refractivity contribution in [2.45, 2.75) is 77.5 Å². The normalized spacial score (nSPS) is 24.4. The highest BCUT2D eigenvalue weighted by atomic mass is 16.5. The third-order valence-electron chi connectivity index (χ3n) is 7.57. The van der Waals surface area contributed by atoms with Crippen LogP contribution in [0.25, 0.3) is 10.8 Å². The molecule has 5 nitrogen and oxygen atoms in total. The first-order valence-corrected chi connectivity index (χ1v) is 12.0. The van der Waals surface area contributed by atoms with Crippen LogP contribution in [0.15, 0.2) is 36.4 Å². The van der Waals surface area contributed by atoms with E-state index in [9.17, 15) is 15.0 Å². The molecule has 1 heterocycles. The molecule has 0 unspecified atom stereocenters. The molecule has 32 heavy (non-hydrogen) atoms. The van der Waals surface area contributed by atoms with Crippen molar-refractivity contribution in [2.24, 2.45) is 11.3 Å². The van der Waals surface area contributed by atoms with E-state index >= 15 is 0 Å². The van der Waals surface area contributed by atoms with Gasteiger partial charge in [0.1, 0.15) is 5.75 Å². The number of hydrogen-bond acceptors (Lipinski definition) is 4. The summed E-state index contributed by atoms with van der Waals surface area (Å²) < 4.78 is 6.34. The Bertz CT molecular complexity index is 948. The molecule has 2 aromatic carbocycles. The first-order chi connectivity index (χ1) is 15.1. The lowest BCUT2D eigenvalue weighted by Crippen LogP contribution is -2.49. The molecule has 0 atom stereocenters. The number of nitrogens with zero attached hydrogens (tertiary/aromatic N) is 1. The molecule has 0 aromatic heterocycles. The fourth-order valence-electron chi connectivity index (χ4n) is 5.24. The molecule has 0 radical (unpaired) electrons. The van der Waals surface area contributed by atoms with Crippen molar-refractivity contribution in [2.75, 3.05) is 13.1 Å². The van der Waals surface area contributed by atoms with Crippen molar-refractivity contribution >= 4 is 16.7 Å². The van der Waals surface area contributed by atoms with Crippen LogP contribution in [0.4, 0.5) is 0 Å². The lowest BCUT2D eigenvalue weighted by molar-refractivity contribution is -0.163. The zero-order valence-electron chi connectivity index (χ0n) is 19.6. The van der Waals surface area contributed by atoms with Gasteiger partial charge in [0, 0.05) is 19.6 Å². The zero-order valence-corrected chi connectivity index (χ0v) is 19.6. The highest BCUT2D eigenvalue weighted by molar-refractivity contribution is 5.84. The second-order valence-electron chi connectivity index (χ2n) is 10.9. The van der Waals surface area contributed by atoms with E-state index < -0.39 is 11.6 Å². The van der Waals surface area contributed by atoms with E-state index in [1.54, 1.807) is 0 Å². The second kappa shape index (κ2) is 9.03. The Morgan fingerprint density at radius 2 is 1.66 bits per heavy atom. The summed E-state index contributed by atoms with van der Waals surface area (Å²) in [7, 11) is 0. The summed E-state index contributed by atoms with van der Waals surface area (Å²) in [5, 5.41) is 21.7. The topological polar surface area (TPSA) is 70.0 Å². The molecule has 1 saturated carbocycles. The van der Waals surface area contributed by atoms with Crippen molar-refractivity contribution in [3.63, 3.8) is 0 Å². The minimum atomic E-state index is -1.57. The summed E-state index contributed by atoms with van der Waals surface area (Å²) in [5.41, 5.74) is 0.0204. The molecule has 1 aliphatic heterocycles. The maximum absolute atomic E-state index is 11.2. The predicted octanol–water partition coefficient (Wildman–Crippen LogP) is 5.24. The number of carboxylic acids is 1. The third kappa shape index (κ3) is 5.26. The molecular weight excluding hydrogens is 402 g/mol. The van der Waals surface area contributed by atoms with E-state index in [0.29, 0.717) is 24.6 Å². The number of benzene rings is 2. The van der Waals surface area contributed by atoms with Gasteiger partial charge in [-0.15, -0.1) is 0 Å². The maximum Gasteiger partial charge on any atom is 0.335 e. The van der Waals surface area contributed by atoms with Gasteiger partial charge < -0.3 is 14.9 Å². The molecular formula is C27H37NO4. The van der Waals surface area contributed by atoms with E-state index in [0.717, 1.165) is 31.1 Å². The summed E-state index contributed by atoms with van der Waals surface area (Å²) >= 11 is 0. The SMILES string of the molecule is CC(C)(C)C1CCC(Oc2ccc3cc(CN4CCC(O)(C(=O)O)CC4)ccc3c2)CC1. The van der Waals surface area contributed by atoms with E-state index in [-0.39, 0.29) is 12.8 Å². The number of piperidine rings is 1. The summed E-state index contributed by atoms with van der Waals surface area (Å²) in [5.74, 6) is 0.631. The van der Waals surface area contributed by atoms with Crippen molar-refractivity contribution < 1.29 is 19.7 Å². The Kier molecular flexibility index (Phi) is 6.51. The predicted molar refractivity (Wildman–Crippen MR) is 127 cm³/mol. The lowest BCUT2D eigenvalue weighted by atomic mass is 9.72. The Balaban J connectivity index is 1.34.